The van der Waals surface area contributed by atoms with E-state index in [1.54, 1.807) is 31.4 Å². The number of allylic oxidation sites excluding steroid dienone is 1. The Labute approximate surface area is 166 Å². The normalized spacial score (nSPS) is 12.8. The molecular weight excluding hydrogens is 354 g/mol. The van der Waals surface area contributed by atoms with Crippen LogP contribution in [0.25, 0.3) is 5.70 Å². The smallest absolute Gasteiger partial charge is 0.342 e. The minimum atomic E-state index is -0.607. The maximum absolute atomic E-state index is 12.3. The molecule has 2 N–H and O–H groups in total. The van der Waals surface area contributed by atoms with E-state index in [0.29, 0.717) is 11.4 Å². The van der Waals surface area contributed by atoms with Crippen LogP contribution in [0.1, 0.15) is 33.3 Å². The average molecular weight is 381 g/mol. The van der Waals surface area contributed by atoms with Crippen molar-refractivity contribution in [3.63, 3.8) is 0 Å². The summed E-state index contributed by atoms with van der Waals surface area (Å²) in [6.07, 6.45) is 1.54. The van der Waals surface area contributed by atoms with Crippen molar-refractivity contribution in [1.29, 1.82) is 0 Å². The Morgan fingerprint density at radius 3 is 2.14 bits per heavy atom. The molecule has 0 atom stereocenters. The maximum Gasteiger partial charge on any atom is 0.342 e. The Bertz CT molecular complexity index is 860. The number of nitrogens with one attached hydrogen (secondary N) is 1. The van der Waals surface area contributed by atoms with Gasteiger partial charge in [-0.05, 0) is 69.7 Å². The van der Waals surface area contributed by atoms with Crippen LogP contribution in [0.2, 0.25) is 0 Å². The highest BCUT2D eigenvalue weighted by atomic mass is 16.5. The second-order valence-corrected chi connectivity index (χ2v) is 7.37. The topological polar surface area (TPSA) is 67.8 Å². The quantitative estimate of drug-likeness (QED) is 0.246. The first kappa shape index (κ1) is 21.1. The van der Waals surface area contributed by atoms with Crippen molar-refractivity contribution in [3.05, 3.63) is 77.6 Å². The number of para-hydroxylation sites is 1. The molecule has 0 bridgehead atoms. The zero-order valence-electron chi connectivity index (χ0n) is 16.9. The molecule has 0 aliphatic rings. The molecular formula is C23H27NO4. The van der Waals surface area contributed by atoms with Crippen molar-refractivity contribution >= 4 is 11.7 Å². The van der Waals surface area contributed by atoms with Gasteiger partial charge in [0.2, 0.25) is 0 Å². The lowest BCUT2D eigenvalue weighted by Gasteiger charge is -2.25. The molecule has 0 saturated heterocycles. The summed E-state index contributed by atoms with van der Waals surface area (Å²) in [6, 6.07) is 16.2. The van der Waals surface area contributed by atoms with Crippen molar-refractivity contribution < 1.29 is 19.4 Å². The second-order valence-electron chi connectivity index (χ2n) is 7.37. The first-order valence-corrected chi connectivity index (χ1v) is 9.01. The molecule has 5 heteroatoms. The van der Waals surface area contributed by atoms with Gasteiger partial charge < -0.3 is 19.9 Å². The van der Waals surface area contributed by atoms with E-state index < -0.39 is 5.97 Å². The van der Waals surface area contributed by atoms with E-state index in [9.17, 15) is 9.90 Å². The van der Waals surface area contributed by atoms with Gasteiger partial charge in [-0.15, -0.1) is 0 Å². The molecule has 0 radical (unpaired) electrons. The van der Waals surface area contributed by atoms with Crippen LogP contribution in [0.3, 0.4) is 0 Å². The standard InChI is InChI=1S/C23H27NO4/c1-16(22(26)28-19-9-7-6-8-10-19)21(25)15-20(24-23(2,3)4)17-11-13-18(27-5)14-12-17/h6-15,24-25H,1-5H3/b20-15-,21-16-. The summed E-state index contributed by atoms with van der Waals surface area (Å²) >= 11 is 0. The van der Waals surface area contributed by atoms with Gasteiger partial charge in [0.25, 0.3) is 0 Å². The predicted molar refractivity (Wildman–Crippen MR) is 111 cm³/mol. The number of aliphatic hydroxyl groups is 1. The van der Waals surface area contributed by atoms with Crippen LogP contribution in [0.15, 0.2) is 72.0 Å². The molecule has 28 heavy (non-hydrogen) atoms. The third kappa shape index (κ3) is 6.20. The molecule has 0 spiro atoms. The summed E-state index contributed by atoms with van der Waals surface area (Å²) in [5.41, 5.74) is 1.40. The maximum atomic E-state index is 12.3. The first-order valence-electron chi connectivity index (χ1n) is 9.01. The first-order chi connectivity index (χ1) is 13.2. The highest BCUT2D eigenvalue weighted by Crippen LogP contribution is 2.22. The number of hydrogen-bond donors (Lipinski definition) is 2. The van der Waals surface area contributed by atoms with Crippen LogP contribution in [0, 0.1) is 0 Å². The lowest BCUT2D eigenvalue weighted by atomic mass is 10.0. The van der Waals surface area contributed by atoms with Crippen molar-refractivity contribution in [2.24, 2.45) is 0 Å². The van der Waals surface area contributed by atoms with Gasteiger partial charge in [0.1, 0.15) is 17.3 Å². The van der Waals surface area contributed by atoms with Gasteiger partial charge in [-0.2, -0.15) is 0 Å². The summed E-state index contributed by atoms with van der Waals surface area (Å²) in [7, 11) is 1.61. The Hall–Kier alpha value is -3.21. The molecule has 2 aromatic rings. The van der Waals surface area contributed by atoms with Gasteiger partial charge in [0, 0.05) is 17.3 Å². The van der Waals surface area contributed by atoms with Gasteiger partial charge >= 0.3 is 5.97 Å². The number of aliphatic hydroxyl groups excluding tert-OH is 1. The fourth-order valence-corrected chi connectivity index (χ4v) is 2.39. The van der Waals surface area contributed by atoms with E-state index >= 15 is 0 Å². The van der Waals surface area contributed by atoms with Gasteiger partial charge in [0.15, 0.2) is 0 Å². The Kier molecular flexibility index (Phi) is 6.88. The summed E-state index contributed by atoms with van der Waals surface area (Å²) in [5.74, 6) is 0.390. The molecule has 0 aliphatic carbocycles. The largest absolute Gasteiger partial charge is 0.507 e. The lowest BCUT2D eigenvalue weighted by Crippen LogP contribution is -2.34. The Balaban J connectivity index is 2.33. The van der Waals surface area contributed by atoms with Crippen LogP contribution in [-0.2, 0) is 4.79 Å². The van der Waals surface area contributed by atoms with Crippen molar-refractivity contribution in [2.45, 2.75) is 33.2 Å². The fourth-order valence-electron chi connectivity index (χ4n) is 2.39. The highest BCUT2D eigenvalue weighted by molar-refractivity contribution is 5.91. The second kappa shape index (κ2) is 9.13. The lowest BCUT2D eigenvalue weighted by molar-refractivity contribution is -0.130. The van der Waals surface area contributed by atoms with Crippen LogP contribution in [0.5, 0.6) is 11.5 Å². The minimum Gasteiger partial charge on any atom is -0.507 e. The van der Waals surface area contributed by atoms with Gasteiger partial charge in [-0.25, -0.2) is 4.79 Å². The monoisotopic (exact) mass is 381 g/mol. The van der Waals surface area contributed by atoms with Crippen LogP contribution < -0.4 is 14.8 Å². The highest BCUT2D eigenvalue weighted by Gasteiger charge is 2.16. The number of rotatable bonds is 6. The number of esters is 1. The molecule has 5 nitrogen and oxygen atoms in total. The number of hydrogen-bond acceptors (Lipinski definition) is 5. The van der Waals surface area contributed by atoms with Crippen LogP contribution in [0.4, 0.5) is 0 Å². The van der Waals surface area contributed by atoms with E-state index in [0.717, 1.165) is 11.3 Å². The SMILES string of the molecule is COc1ccc(/C(=C/C(O)=C(\C)C(=O)Oc2ccccc2)NC(C)(C)C)cc1. The summed E-state index contributed by atoms with van der Waals surface area (Å²) in [5, 5.41) is 13.9. The third-order valence-electron chi connectivity index (χ3n) is 3.84. The van der Waals surface area contributed by atoms with E-state index in [-0.39, 0.29) is 16.9 Å². The van der Waals surface area contributed by atoms with E-state index in [1.165, 1.54) is 13.0 Å². The van der Waals surface area contributed by atoms with E-state index in [2.05, 4.69) is 5.32 Å². The van der Waals surface area contributed by atoms with Gasteiger partial charge in [-0.3, -0.25) is 0 Å². The summed E-state index contributed by atoms with van der Waals surface area (Å²) < 4.78 is 10.5. The van der Waals surface area contributed by atoms with Crippen molar-refractivity contribution in [1.82, 2.24) is 5.32 Å². The van der Waals surface area contributed by atoms with E-state index in [4.69, 9.17) is 9.47 Å². The number of methoxy groups -OCH3 is 1. The Morgan fingerprint density at radius 1 is 1.00 bits per heavy atom. The van der Waals surface area contributed by atoms with E-state index in [1.807, 2.05) is 51.1 Å². The average Bonchev–Trinajstić information content (AvgIpc) is 2.66. The fraction of sp³-hybridized carbons (Fsp3) is 0.261. The van der Waals surface area contributed by atoms with Gasteiger partial charge in [0.05, 0.1) is 12.7 Å². The molecule has 0 amide bonds. The zero-order chi connectivity index (χ0) is 20.7. The summed E-state index contributed by atoms with van der Waals surface area (Å²) in [6.45, 7) is 7.57. The number of carbonyl (C=O) groups excluding carboxylic acids is 1. The molecule has 0 fully saturated rings. The molecule has 148 valence electrons. The van der Waals surface area contributed by atoms with Crippen molar-refractivity contribution in [2.75, 3.05) is 7.11 Å². The number of ether oxygens (including phenoxy) is 2. The van der Waals surface area contributed by atoms with Crippen LogP contribution in [-0.4, -0.2) is 23.7 Å². The van der Waals surface area contributed by atoms with Crippen LogP contribution >= 0.6 is 0 Å². The number of benzene rings is 2. The molecule has 0 aliphatic heterocycles. The summed E-state index contributed by atoms with van der Waals surface area (Å²) in [4.78, 5) is 12.3. The molecule has 2 aromatic carbocycles. The molecule has 2 rings (SSSR count). The molecule has 0 saturated carbocycles. The minimum absolute atomic E-state index is 0.116. The number of carbonyl (C=O) groups is 1. The van der Waals surface area contributed by atoms with Crippen molar-refractivity contribution in [3.8, 4) is 11.5 Å². The third-order valence-corrected chi connectivity index (χ3v) is 3.84. The molecule has 0 aromatic heterocycles. The molecule has 0 unspecified atom stereocenters. The zero-order valence-corrected chi connectivity index (χ0v) is 16.9. The molecule has 0 heterocycles. The van der Waals surface area contributed by atoms with Gasteiger partial charge in [-0.1, -0.05) is 18.2 Å². The predicted octanol–water partition coefficient (Wildman–Crippen LogP) is 4.86. The Morgan fingerprint density at radius 2 is 1.61 bits per heavy atom.